The van der Waals surface area contributed by atoms with Gasteiger partial charge in [0.1, 0.15) is 80.3 Å². The van der Waals surface area contributed by atoms with Crippen molar-refractivity contribution in [1.82, 2.24) is 48.6 Å². The maximum Gasteiger partial charge on any atom is 0.232 e. The third-order valence-corrected chi connectivity index (χ3v) is 30.5. The maximum atomic E-state index is 12.7. The number of pyridine rings is 4. The first-order valence-electron chi connectivity index (χ1n) is 47.0. The third-order valence-electron chi connectivity index (χ3n) is 25.0. The molecular weight excluding hydrogens is 1980 g/mol. The molecular formula is C98H127Cl3N20O18S4. The van der Waals surface area contributed by atoms with Crippen LogP contribution in [0.5, 0.6) is 0 Å². The predicted molar refractivity (Wildman–Crippen MR) is 560 cm³/mol. The zero-order chi connectivity index (χ0) is 103. The number of amides is 1. The van der Waals surface area contributed by atoms with Gasteiger partial charge in [0.25, 0.3) is 0 Å². The number of aliphatic imine (C=N–C) groups is 1. The summed E-state index contributed by atoms with van der Waals surface area (Å²) < 4.78 is 146. The highest BCUT2D eigenvalue weighted by Gasteiger charge is 2.35. The van der Waals surface area contributed by atoms with Gasteiger partial charge in [-0.3, -0.25) is 55.3 Å². The second kappa shape index (κ2) is 47.6. The number of halogens is 3. The Morgan fingerprint density at radius 1 is 0.413 bits per heavy atom. The number of carbonyl (C=O) groups is 3. The molecule has 11 heterocycles. The molecule has 0 radical (unpaired) electrons. The number of anilines is 11. The number of methoxy groups -OCH3 is 4. The summed E-state index contributed by atoms with van der Waals surface area (Å²) in [7, 11) is -1.41. The van der Waals surface area contributed by atoms with Gasteiger partial charge in [0.05, 0.1) is 136 Å². The van der Waals surface area contributed by atoms with Crippen LogP contribution < -0.4 is 44.6 Å². The van der Waals surface area contributed by atoms with Gasteiger partial charge in [-0.05, 0) is 213 Å². The SMILES string of the molecule is COCc1ccc(N)c(N(C)S(C)(=O)=O)c1.COCc1ccc(Nc2cc(CC(=O)C3CC3)nc3c2N=C(C)C3)c(N(C)S(C)(=O)=O)c1.COCc1ccc(Nc2cc(CC(=O)C3CC3)nc3c2nc(C)n3C2CCCCO2)c(N(C)S(C)(=O)=O)c1.COCc1ccc(Nc2cc(Cl)nc3c2nc(C)n3C2CCCCO2)c(N(C)S(C)(=O)=O)c1.Cc1nc2c(Cl)cc(Cl)nc2n1C1CCCCO1.NC(=O)C1CC1. The monoisotopic (exact) mass is 2100 g/mol. The fourth-order valence-corrected chi connectivity index (χ4v) is 19.5. The first-order chi connectivity index (χ1) is 67.8. The third kappa shape index (κ3) is 28.3. The average Bonchev–Trinajstić information content (AvgIpc) is 1.64. The first kappa shape index (κ1) is 109. The van der Waals surface area contributed by atoms with E-state index in [-0.39, 0.29) is 60.3 Å². The Kier molecular flexibility index (Phi) is 36.4. The van der Waals surface area contributed by atoms with Gasteiger partial charge in [0, 0.05) is 125 Å². The second-order valence-corrected chi connectivity index (χ2v) is 45.9. The van der Waals surface area contributed by atoms with Crippen molar-refractivity contribution >= 4 is 200 Å². The summed E-state index contributed by atoms with van der Waals surface area (Å²) in [6.07, 6.45) is 20.5. The van der Waals surface area contributed by atoms with Crippen molar-refractivity contribution in [2.24, 2.45) is 28.5 Å². The number of nitrogens with two attached hydrogens (primary N) is 2. The van der Waals surface area contributed by atoms with Crippen LogP contribution in [-0.2, 0) is 133 Å². The van der Waals surface area contributed by atoms with E-state index < -0.39 is 40.1 Å². The molecule has 4 aromatic carbocycles. The quantitative estimate of drug-likeness (QED) is 0.0193. The van der Waals surface area contributed by atoms with E-state index in [0.717, 1.165) is 177 Å². The number of nitrogen functional groups attached to an aromatic ring is 1. The van der Waals surface area contributed by atoms with Gasteiger partial charge in [-0.15, -0.1) is 0 Å². The average molecular weight is 2110 g/mol. The number of fused-ring (bicyclic) bond motifs is 4. The van der Waals surface area contributed by atoms with E-state index in [0.29, 0.717) is 175 Å². The van der Waals surface area contributed by atoms with Gasteiger partial charge in [-0.25, -0.2) is 63.6 Å². The number of benzene rings is 4. The summed E-state index contributed by atoms with van der Waals surface area (Å²) in [5, 5.41) is 11.3. The summed E-state index contributed by atoms with van der Waals surface area (Å²) >= 11 is 18.5. The molecule has 3 saturated carbocycles. The van der Waals surface area contributed by atoms with Gasteiger partial charge in [-0.2, -0.15) is 0 Å². The molecule has 11 aromatic rings. The second-order valence-electron chi connectivity index (χ2n) is 36.6. The number of Topliss-reactive ketones (excluding diaryl/α,β-unsaturated/α-hetero) is 2. The molecule has 3 saturated heterocycles. The molecule has 772 valence electrons. The molecule has 4 aliphatic heterocycles. The van der Waals surface area contributed by atoms with Crippen LogP contribution in [0, 0.1) is 38.5 Å². The summed E-state index contributed by atoms with van der Waals surface area (Å²) in [4.78, 5) is 72.2. The number of rotatable bonds is 32. The number of imidazole rings is 3. The molecule has 0 spiro atoms. The minimum atomic E-state index is -3.53. The van der Waals surface area contributed by atoms with Crippen molar-refractivity contribution in [3.8, 4) is 0 Å². The molecule has 45 heteroatoms. The Bertz CT molecular complexity index is 7020. The van der Waals surface area contributed by atoms with E-state index in [1.54, 1.807) is 77.0 Å². The minimum absolute atomic E-state index is 0.00853. The molecule has 3 aliphatic carbocycles. The molecule has 38 nitrogen and oxygen atoms in total. The highest BCUT2D eigenvalue weighted by molar-refractivity contribution is 7.92. The molecule has 0 bridgehead atoms. The Balaban J connectivity index is 0.000000152. The van der Waals surface area contributed by atoms with Crippen molar-refractivity contribution in [1.29, 1.82) is 0 Å². The largest absolute Gasteiger partial charge is 0.397 e. The number of nitrogens with one attached hydrogen (secondary N) is 3. The van der Waals surface area contributed by atoms with E-state index in [2.05, 4.69) is 35.9 Å². The Morgan fingerprint density at radius 3 is 1.11 bits per heavy atom. The number of aromatic nitrogens is 10. The molecule has 143 heavy (non-hydrogen) atoms. The number of aryl methyl sites for hydroxylation is 3. The molecule has 3 atom stereocenters. The Morgan fingerprint density at radius 2 is 0.748 bits per heavy atom. The topological polar surface area (TPSA) is 471 Å². The van der Waals surface area contributed by atoms with Gasteiger partial charge in [0.2, 0.25) is 46.0 Å². The van der Waals surface area contributed by atoms with Crippen molar-refractivity contribution in [3.63, 3.8) is 0 Å². The van der Waals surface area contributed by atoms with Crippen molar-refractivity contribution in [2.75, 3.05) is 140 Å². The number of hydrogen-bond donors (Lipinski definition) is 5. The predicted octanol–water partition coefficient (Wildman–Crippen LogP) is 16.6. The molecule has 18 rings (SSSR count). The van der Waals surface area contributed by atoms with E-state index >= 15 is 0 Å². The van der Waals surface area contributed by atoms with Crippen molar-refractivity contribution < 1.29 is 81.2 Å². The standard InChI is InChI=1S/C27H35N5O5S.C23H28N4O4S.C22H28ClN5O4S.C12H13Cl2N3O.C10H16N2O3S.C4H7NO/c1-17-28-26-22(30-21-11-8-18(16-36-3)13-23(21)31(2)38(4,34)35)14-20(15-24(33)19-9-10-19)29-27(26)32(17)25-7-5-6-12-37-25;1-14-9-19-23(24-14)20(11-17(25-19)12-22(28)16-6-7-16)26-18-8-5-15(13-31-3)10-21(18)27(2)32(4,29)30;1-14-24-21-17(12-19(23)26-22(21)28(14)20-7-5-6-10-32-20)25-16-9-8-15(13-31-3)11-18(16)27(2)33(4,29)30;1-7-15-11-8(13)6-9(14)16-12(11)17(7)10-4-2-3-5-18-10;1-12(16(3,13)14)10-6-8(7-15-2)4-5-9(10)11;5-4(6)3-1-2-3/h8,11,13-14,19,25H,5-7,9-10,12,15-16H2,1-4H3,(H,29,30);5,8,10-11,16H,6-7,9,12-13H2,1-4H3,(H,25,26);8-9,11-12,20H,5-7,10,13H2,1-4H3,(H,25,26);6,10H,2-5H2,1H3;4-6H,7,11H2,1-3H3;3H,1-2H2,(H2,5,6). The van der Waals surface area contributed by atoms with Gasteiger partial charge in [0.15, 0.2) is 16.9 Å². The number of primary amides is 1. The normalized spacial score (nSPS) is 16.8. The smallest absolute Gasteiger partial charge is 0.232 e. The summed E-state index contributed by atoms with van der Waals surface area (Å²) in [6, 6.07) is 28.7. The van der Waals surface area contributed by atoms with E-state index in [4.69, 9.17) is 99.4 Å². The van der Waals surface area contributed by atoms with Gasteiger partial charge in [-0.1, -0.05) is 59.1 Å². The number of hydrogen-bond acceptors (Lipinski definition) is 30. The molecule has 7 aromatic heterocycles. The van der Waals surface area contributed by atoms with E-state index in [9.17, 15) is 48.1 Å². The molecule has 7 aliphatic rings. The molecule has 6 fully saturated rings. The lowest BCUT2D eigenvalue weighted by molar-refractivity contribution is -0.120. The fourth-order valence-electron chi connectivity index (χ4n) is 16.8. The maximum absolute atomic E-state index is 12.7. The summed E-state index contributed by atoms with van der Waals surface area (Å²) in [6.45, 7) is 11.4. The van der Waals surface area contributed by atoms with E-state index in [1.165, 1.54) is 53.6 Å². The van der Waals surface area contributed by atoms with Crippen LogP contribution in [0.2, 0.25) is 15.3 Å². The highest BCUT2D eigenvalue weighted by Crippen LogP contribution is 2.45. The minimum Gasteiger partial charge on any atom is -0.397 e. The zero-order valence-corrected chi connectivity index (χ0v) is 88.9. The van der Waals surface area contributed by atoms with Crippen molar-refractivity contribution in [3.05, 3.63) is 169 Å². The van der Waals surface area contributed by atoms with E-state index in [1.807, 2.05) is 89.9 Å². The molecule has 7 N–H and O–H groups in total. The lowest BCUT2D eigenvalue weighted by atomic mass is 10.1. The number of ketones is 2. The number of ether oxygens (including phenoxy) is 7. The van der Waals surface area contributed by atoms with Gasteiger partial charge < -0.3 is 60.6 Å². The van der Waals surface area contributed by atoms with Crippen molar-refractivity contribution in [2.45, 2.75) is 188 Å². The van der Waals surface area contributed by atoms with Crippen LogP contribution in [0.25, 0.3) is 33.5 Å². The lowest BCUT2D eigenvalue weighted by Crippen LogP contribution is -2.25. The molecule has 1 amide bonds. The van der Waals surface area contributed by atoms with Crippen LogP contribution in [0.15, 0.2) is 102 Å². The fraction of sp³-hybridized carbons (Fsp3) is 0.480. The van der Waals surface area contributed by atoms with Crippen LogP contribution in [-0.4, -0.2) is 207 Å². The zero-order valence-electron chi connectivity index (χ0n) is 83.4. The number of nitrogens with zero attached hydrogens (tertiary/aromatic N) is 15. The highest BCUT2D eigenvalue weighted by atomic mass is 35.5. The molecule has 3 unspecified atom stereocenters. The van der Waals surface area contributed by atoms with Crippen LogP contribution in [0.3, 0.4) is 0 Å². The van der Waals surface area contributed by atoms with Crippen LogP contribution >= 0.6 is 34.8 Å². The number of carbonyl (C=O) groups excluding carboxylic acids is 3. The summed E-state index contributed by atoms with van der Waals surface area (Å²) in [5.74, 6) is 3.23. The van der Waals surface area contributed by atoms with Gasteiger partial charge >= 0.3 is 0 Å². The Hall–Kier alpha value is -10.8. The van der Waals surface area contributed by atoms with Crippen LogP contribution in [0.4, 0.5) is 68.2 Å². The first-order valence-corrected chi connectivity index (χ1v) is 55.6. The van der Waals surface area contributed by atoms with Crippen LogP contribution in [0.1, 0.15) is 179 Å². The lowest BCUT2D eigenvalue weighted by Gasteiger charge is -2.25. The number of sulfonamides is 4. The Labute approximate surface area is 850 Å². The summed E-state index contributed by atoms with van der Waals surface area (Å²) in [5.41, 5.74) is 28.0.